The van der Waals surface area contributed by atoms with Crippen LogP contribution in [0.5, 0.6) is 0 Å². The van der Waals surface area contributed by atoms with E-state index in [1.807, 2.05) is 25.1 Å². The predicted molar refractivity (Wildman–Crippen MR) is 122 cm³/mol. The highest BCUT2D eigenvalue weighted by molar-refractivity contribution is 7.19. The van der Waals surface area contributed by atoms with Crippen LogP contribution in [-0.4, -0.2) is 36.4 Å². The summed E-state index contributed by atoms with van der Waals surface area (Å²) in [7, 11) is 3.30. The minimum absolute atomic E-state index is 0.0490. The lowest BCUT2D eigenvalue weighted by Crippen LogP contribution is -2.45. The smallest absolute Gasteiger partial charge is 0.323 e. The molecule has 0 heterocycles. The van der Waals surface area contributed by atoms with Crippen molar-refractivity contribution in [3.05, 3.63) is 28.8 Å². The second kappa shape index (κ2) is 9.93. The molecule has 1 aromatic carbocycles. The summed E-state index contributed by atoms with van der Waals surface area (Å²) in [5.74, 6) is -0.176. The van der Waals surface area contributed by atoms with Crippen LogP contribution in [0.3, 0.4) is 0 Å². The third kappa shape index (κ3) is 6.73. The van der Waals surface area contributed by atoms with E-state index in [1.165, 1.54) is 0 Å². The molecular weight excluding hydrogens is 391 g/mol. The van der Waals surface area contributed by atoms with Crippen LogP contribution in [0, 0.1) is 0 Å². The molecule has 1 aliphatic rings. The van der Waals surface area contributed by atoms with E-state index < -0.39 is 0 Å². The van der Waals surface area contributed by atoms with Crippen LogP contribution in [0.15, 0.2) is 18.2 Å². The number of esters is 1. The summed E-state index contributed by atoms with van der Waals surface area (Å²) < 4.78 is 11.7. The van der Waals surface area contributed by atoms with Gasteiger partial charge in [0.25, 0.3) is 0 Å². The van der Waals surface area contributed by atoms with Gasteiger partial charge in [-0.1, -0.05) is 37.6 Å². The van der Waals surface area contributed by atoms with Crippen LogP contribution in [0.1, 0.15) is 65.9 Å². The van der Waals surface area contributed by atoms with Crippen molar-refractivity contribution in [1.82, 2.24) is 5.32 Å². The second-order valence-corrected chi connectivity index (χ2v) is 10.7. The molecule has 1 fully saturated rings. The molecule has 1 saturated carbocycles. The van der Waals surface area contributed by atoms with Gasteiger partial charge in [0.15, 0.2) is 0 Å². The maximum absolute atomic E-state index is 12.2. The van der Waals surface area contributed by atoms with E-state index in [0.717, 1.165) is 36.7 Å². The molecule has 28 heavy (non-hydrogen) atoms. The Morgan fingerprint density at radius 2 is 1.96 bits per heavy atom. The van der Waals surface area contributed by atoms with E-state index in [4.69, 9.17) is 21.0 Å². The predicted octanol–water partition coefficient (Wildman–Crippen LogP) is 3.73. The lowest BCUT2D eigenvalue weighted by Gasteiger charge is -2.39. The van der Waals surface area contributed by atoms with Crippen molar-refractivity contribution in [3.8, 4) is 0 Å². The zero-order valence-electron chi connectivity index (χ0n) is 17.8. The molecule has 7 heteroatoms. The molecule has 1 aliphatic carbocycles. The Kier molecular flexibility index (Phi) is 8.40. The summed E-state index contributed by atoms with van der Waals surface area (Å²) >= 11 is 6.46. The molecule has 2 rings (SSSR count). The molecule has 4 nitrogen and oxygen atoms in total. The van der Waals surface area contributed by atoms with Gasteiger partial charge in [0.2, 0.25) is 0 Å². The number of carbonyl (C=O) groups is 1. The standard InChI is InChI=1S/C21H34BClNO3P/c1-14(19(25)26-16-8-6-7-9-16)24-13-15-10-11-17(18(23)12-15)22-27-20(2,3)21(4,5)28/h10-12,14,16,22,24H,6-9,13,28H2,1-5H3/t14-/m0/s1. The van der Waals surface area contributed by atoms with Gasteiger partial charge in [0.1, 0.15) is 12.1 Å². The highest BCUT2D eigenvalue weighted by atomic mass is 35.5. The summed E-state index contributed by atoms with van der Waals surface area (Å²) in [6.45, 7) is 10.8. The molecule has 0 radical (unpaired) electrons. The van der Waals surface area contributed by atoms with Crippen molar-refractivity contribution in [2.45, 2.75) is 89.7 Å². The van der Waals surface area contributed by atoms with E-state index in [1.54, 1.807) is 0 Å². The Morgan fingerprint density at radius 3 is 2.54 bits per heavy atom. The van der Waals surface area contributed by atoms with Gasteiger partial charge in [-0.25, -0.2) is 0 Å². The van der Waals surface area contributed by atoms with Gasteiger partial charge in [-0.3, -0.25) is 4.79 Å². The maximum atomic E-state index is 12.2. The zero-order chi connectivity index (χ0) is 20.9. The first-order valence-corrected chi connectivity index (χ1v) is 11.1. The second-order valence-electron chi connectivity index (χ2n) is 8.89. The first-order valence-electron chi connectivity index (χ1n) is 10.1. The number of hydrogen-bond donors (Lipinski definition) is 1. The average molecular weight is 426 g/mol. The molecule has 0 spiro atoms. The van der Waals surface area contributed by atoms with Gasteiger partial charge in [0.05, 0.1) is 5.60 Å². The average Bonchev–Trinajstić information content (AvgIpc) is 3.10. The molecule has 0 bridgehead atoms. The van der Waals surface area contributed by atoms with E-state index in [0.29, 0.717) is 19.0 Å². The number of nitrogens with one attached hydrogen (secondary N) is 1. The molecule has 2 atom stereocenters. The van der Waals surface area contributed by atoms with Crippen LogP contribution in [0.25, 0.3) is 0 Å². The summed E-state index contributed by atoms with van der Waals surface area (Å²) in [5, 5.41) is 3.86. The molecule has 1 unspecified atom stereocenters. The molecule has 0 aromatic heterocycles. The quantitative estimate of drug-likeness (QED) is 0.372. The fourth-order valence-electron chi connectivity index (χ4n) is 2.89. The monoisotopic (exact) mass is 425 g/mol. The van der Waals surface area contributed by atoms with Crippen LogP contribution in [0.4, 0.5) is 0 Å². The summed E-state index contributed by atoms with van der Waals surface area (Å²) in [5.41, 5.74) is 1.69. The summed E-state index contributed by atoms with van der Waals surface area (Å²) in [6.07, 6.45) is 4.38. The van der Waals surface area contributed by atoms with Gasteiger partial charge in [-0.15, -0.1) is 9.24 Å². The van der Waals surface area contributed by atoms with Gasteiger partial charge >= 0.3 is 13.5 Å². The summed E-state index contributed by atoms with van der Waals surface area (Å²) in [6, 6.07) is 5.60. The molecular formula is C21H34BClNO3P. The fraction of sp³-hybridized carbons (Fsp3) is 0.667. The molecule has 156 valence electrons. The third-order valence-corrected chi connectivity index (χ3v) is 6.86. The largest absolute Gasteiger partial charge is 0.461 e. The fourth-order valence-corrected chi connectivity index (χ4v) is 3.23. The van der Waals surface area contributed by atoms with Crippen LogP contribution in [-0.2, 0) is 20.7 Å². The van der Waals surface area contributed by atoms with E-state index in [2.05, 4.69) is 42.3 Å². The van der Waals surface area contributed by atoms with E-state index in [9.17, 15) is 4.79 Å². The zero-order valence-corrected chi connectivity index (χ0v) is 19.7. The Morgan fingerprint density at radius 1 is 1.32 bits per heavy atom. The first-order chi connectivity index (χ1) is 13.0. The van der Waals surface area contributed by atoms with Crippen molar-refractivity contribution in [2.75, 3.05) is 0 Å². The molecule has 0 saturated heterocycles. The Hall–Kier alpha value is -0.605. The molecule has 0 amide bonds. The topological polar surface area (TPSA) is 47.6 Å². The Balaban J connectivity index is 1.85. The van der Waals surface area contributed by atoms with Gasteiger partial charge in [-0.05, 0) is 63.5 Å². The molecule has 1 N–H and O–H groups in total. The maximum Gasteiger partial charge on any atom is 0.323 e. The Bertz CT molecular complexity index is 672. The van der Waals surface area contributed by atoms with E-state index >= 15 is 0 Å². The number of rotatable bonds is 9. The number of ether oxygens (including phenoxy) is 1. The van der Waals surface area contributed by atoms with Crippen LogP contribution in [0.2, 0.25) is 5.02 Å². The van der Waals surface area contributed by atoms with Crippen molar-refractivity contribution in [1.29, 1.82) is 0 Å². The first kappa shape index (κ1) is 23.7. The van der Waals surface area contributed by atoms with Crippen molar-refractivity contribution in [2.24, 2.45) is 0 Å². The van der Waals surface area contributed by atoms with E-state index in [-0.39, 0.29) is 28.9 Å². The highest BCUT2D eigenvalue weighted by Gasteiger charge is 2.33. The van der Waals surface area contributed by atoms with Crippen molar-refractivity contribution >= 4 is 39.8 Å². The van der Waals surface area contributed by atoms with Crippen molar-refractivity contribution in [3.63, 3.8) is 0 Å². The lowest BCUT2D eigenvalue weighted by atomic mass is 9.83. The van der Waals surface area contributed by atoms with Gasteiger partial charge < -0.3 is 14.7 Å². The highest BCUT2D eigenvalue weighted by Crippen LogP contribution is 2.33. The SMILES string of the molecule is C[C@H](NCc1ccc(BOC(C)(C)C(C)(C)P)c(Cl)c1)C(=O)OC1CCCC1. The minimum atomic E-state index is -0.340. The number of hydrogen-bond acceptors (Lipinski definition) is 4. The number of carbonyl (C=O) groups excluding carboxylic acids is 1. The van der Waals surface area contributed by atoms with Gasteiger partial charge in [-0.2, -0.15) is 0 Å². The minimum Gasteiger partial charge on any atom is -0.461 e. The summed E-state index contributed by atoms with van der Waals surface area (Å²) in [4.78, 5) is 12.2. The lowest BCUT2D eigenvalue weighted by molar-refractivity contribution is -0.150. The normalized spacial score (nSPS) is 16.8. The number of halogens is 1. The number of benzene rings is 1. The van der Waals surface area contributed by atoms with Gasteiger partial charge in [0, 0.05) is 16.7 Å². The van der Waals surface area contributed by atoms with Crippen molar-refractivity contribution < 1.29 is 14.2 Å². The molecule has 0 aliphatic heterocycles. The van der Waals surface area contributed by atoms with Crippen LogP contribution < -0.4 is 10.8 Å². The van der Waals surface area contributed by atoms with Crippen LogP contribution >= 0.6 is 20.8 Å². The third-order valence-electron chi connectivity index (χ3n) is 5.81. The molecule has 1 aromatic rings. The Labute approximate surface area is 177 Å².